The number of carboxylic acid groups (broad SMARTS) is 3. The highest BCUT2D eigenvalue weighted by Gasteiger charge is 2.10. The minimum Gasteiger partial charge on any atom is -0.478 e. The molecule has 2 rings (SSSR count). The maximum atomic E-state index is 11.1. The van der Waals surface area contributed by atoms with Crippen LogP contribution in [-0.2, 0) is 0 Å². The average molecular weight is 324 g/mol. The molecule has 6 nitrogen and oxygen atoms in total. The minimum absolute atomic E-state index is 0.138. The third-order valence-corrected chi connectivity index (χ3v) is 3.24. The van der Waals surface area contributed by atoms with Crippen molar-refractivity contribution in [1.29, 1.82) is 0 Å². The number of hydrogen-bond donors (Lipinski definition) is 3. The lowest BCUT2D eigenvalue weighted by molar-refractivity contribution is 0.0682. The largest absolute Gasteiger partial charge is 0.478 e. The molecule has 0 radical (unpaired) electrons. The number of benzene rings is 2. The number of rotatable bonds is 3. The Morgan fingerprint density at radius 2 is 1.29 bits per heavy atom. The van der Waals surface area contributed by atoms with Crippen LogP contribution in [0.1, 0.15) is 47.8 Å². The Hall–Kier alpha value is -3.59. The van der Waals surface area contributed by atoms with Crippen molar-refractivity contribution in [2.75, 3.05) is 0 Å². The van der Waals surface area contributed by atoms with Crippen molar-refractivity contribution in [2.24, 2.45) is 0 Å². The van der Waals surface area contributed by atoms with E-state index in [0.29, 0.717) is 11.1 Å². The molecule has 0 saturated heterocycles. The molecule has 0 bridgehead atoms. The number of aromatic carboxylic acids is 3. The van der Waals surface area contributed by atoms with Crippen LogP contribution < -0.4 is 0 Å². The lowest BCUT2D eigenvalue weighted by atomic mass is 10.0. The fourth-order valence-corrected chi connectivity index (χ4v) is 2.02. The number of hydrogen-bond acceptors (Lipinski definition) is 3. The summed E-state index contributed by atoms with van der Waals surface area (Å²) in [4.78, 5) is 33.0. The maximum Gasteiger partial charge on any atom is 0.335 e. The van der Waals surface area contributed by atoms with Gasteiger partial charge in [-0.3, -0.25) is 0 Å². The molecule has 0 fully saturated rings. The normalized spacial score (nSPS) is 9.71. The molecule has 0 aliphatic carbocycles. The third kappa shape index (κ3) is 3.78. The standard InChI is InChI=1S/C18H12O6/c1-10-6-13(16(19)20)5-4-12(10)3-2-11-7-14(17(21)22)9-15(8-11)18(23)24/h4-9H,1H3,(H,19,20)(H,21,22)(H,23,24). The minimum atomic E-state index is -1.25. The number of aryl methyl sites for hydroxylation is 1. The molecule has 0 aliphatic rings. The fourth-order valence-electron chi connectivity index (χ4n) is 2.02. The van der Waals surface area contributed by atoms with Gasteiger partial charge in [-0.05, 0) is 48.9 Å². The molecule has 0 unspecified atom stereocenters. The van der Waals surface area contributed by atoms with E-state index in [9.17, 15) is 14.4 Å². The Bertz CT molecular complexity index is 883. The van der Waals surface area contributed by atoms with Crippen LogP contribution in [0.2, 0.25) is 0 Å². The quantitative estimate of drug-likeness (QED) is 0.748. The summed E-state index contributed by atoms with van der Waals surface area (Å²) in [5.41, 5.74) is 1.26. The van der Waals surface area contributed by atoms with E-state index in [2.05, 4.69) is 11.8 Å². The first kappa shape index (κ1) is 16.8. The smallest absolute Gasteiger partial charge is 0.335 e. The van der Waals surface area contributed by atoms with Crippen molar-refractivity contribution in [3.63, 3.8) is 0 Å². The van der Waals surface area contributed by atoms with Gasteiger partial charge in [-0.1, -0.05) is 11.8 Å². The van der Waals surface area contributed by atoms with Gasteiger partial charge in [0.05, 0.1) is 16.7 Å². The topological polar surface area (TPSA) is 112 Å². The summed E-state index contributed by atoms with van der Waals surface area (Å²) >= 11 is 0. The summed E-state index contributed by atoms with van der Waals surface area (Å²) in [6.45, 7) is 1.70. The van der Waals surface area contributed by atoms with Crippen molar-refractivity contribution in [1.82, 2.24) is 0 Å². The Morgan fingerprint density at radius 3 is 1.75 bits per heavy atom. The van der Waals surface area contributed by atoms with E-state index in [1.54, 1.807) is 13.0 Å². The first-order chi connectivity index (χ1) is 11.3. The van der Waals surface area contributed by atoms with Gasteiger partial charge in [-0.15, -0.1) is 0 Å². The van der Waals surface area contributed by atoms with Gasteiger partial charge >= 0.3 is 17.9 Å². The van der Waals surface area contributed by atoms with Crippen molar-refractivity contribution in [2.45, 2.75) is 6.92 Å². The zero-order valence-corrected chi connectivity index (χ0v) is 12.5. The molecule has 24 heavy (non-hydrogen) atoms. The number of carboxylic acids is 3. The Balaban J connectivity index is 2.45. The maximum absolute atomic E-state index is 11.1. The van der Waals surface area contributed by atoms with Crippen LogP contribution in [0.4, 0.5) is 0 Å². The summed E-state index contributed by atoms with van der Waals surface area (Å²) in [6, 6.07) is 8.05. The van der Waals surface area contributed by atoms with Crippen LogP contribution in [0.25, 0.3) is 0 Å². The van der Waals surface area contributed by atoms with Crippen molar-refractivity contribution < 1.29 is 29.7 Å². The molecular weight excluding hydrogens is 312 g/mol. The molecule has 0 heterocycles. The molecule has 2 aromatic rings. The van der Waals surface area contributed by atoms with E-state index >= 15 is 0 Å². The van der Waals surface area contributed by atoms with Crippen LogP contribution in [0.3, 0.4) is 0 Å². The number of carbonyl (C=O) groups is 3. The lowest BCUT2D eigenvalue weighted by Gasteiger charge is -2.01. The van der Waals surface area contributed by atoms with Gasteiger partial charge in [0.2, 0.25) is 0 Å². The van der Waals surface area contributed by atoms with E-state index in [0.717, 1.165) is 6.07 Å². The van der Waals surface area contributed by atoms with Gasteiger partial charge < -0.3 is 15.3 Å². The first-order valence-corrected chi connectivity index (χ1v) is 6.75. The summed E-state index contributed by atoms with van der Waals surface area (Å²) in [5, 5.41) is 27.0. The highest BCUT2D eigenvalue weighted by atomic mass is 16.4. The molecule has 120 valence electrons. The Labute approximate surface area is 137 Å². The summed E-state index contributed by atoms with van der Waals surface area (Å²) < 4.78 is 0. The molecule has 0 saturated carbocycles. The van der Waals surface area contributed by atoms with Crippen molar-refractivity contribution in [3.05, 3.63) is 69.8 Å². The predicted molar refractivity (Wildman–Crippen MR) is 84.5 cm³/mol. The summed E-state index contributed by atoms with van der Waals surface area (Å²) in [6.07, 6.45) is 0. The average Bonchev–Trinajstić information content (AvgIpc) is 2.53. The highest BCUT2D eigenvalue weighted by molar-refractivity contribution is 5.94. The molecule has 3 N–H and O–H groups in total. The van der Waals surface area contributed by atoms with E-state index in [4.69, 9.17) is 15.3 Å². The highest BCUT2D eigenvalue weighted by Crippen LogP contribution is 2.13. The van der Waals surface area contributed by atoms with Crippen molar-refractivity contribution >= 4 is 17.9 Å². The monoisotopic (exact) mass is 324 g/mol. The van der Waals surface area contributed by atoms with Crippen LogP contribution in [-0.4, -0.2) is 33.2 Å². The van der Waals surface area contributed by atoms with E-state index in [1.807, 2.05) is 0 Å². The second-order valence-corrected chi connectivity index (χ2v) is 4.99. The second-order valence-electron chi connectivity index (χ2n) is 4.99. The molecule has 0 aromatic heterocycles. The molecule has 0 aliphatic heterocycles. The van der Waals surface area contributed by atoms with Gasteiger partial charge in [-0.25, -0.2) is 14.4 Å². The van der Waals surface area contributed by atoms with Crippen LogP contribution in [0.5, 0.6) is 0 Å². The molecule has 0 spiro atoms. The molecular formula is C18H12O6. The Morgan fingerprint density at radius 1 is 0.750 bits per heavy atom. The molecule has 6 heteroatoms. The van der Waals surface area contributed by atoms with E-state index in [-0.39, 0.29) is 22.3 Å². The van der Waals surface area contributed by atoms with Gasteiger partial charge in [0.15, 0.2) is 0 Å². The van der Waals surface area contributed by atoms with E-state index in [1.165, 1.54) is 24.3 Å². The summed E-state index contributed by atoms with van der Waals surface area (Å²) in [7, 11) is 0. The first-order valence-electron chi connectivity index (χ1n) is 6.75. The second kappa shape index (κ2) is 6.67. The van der Waals surface area contributed by atoms with Gasteiger partial charge in [-0.2, -0.15) is 0 Å². The Kier molecular flexibility index (Phi) is 4.66. The zero-order chi connectivity index (χ0) is 17.9. The van der Waals surface area contributed by atoms with Crippen LogP contribution in [0.15, 0.2) is 36.4 Å². The van der Waals surface area contributed by atoms with Crippen LogP contribution in [0, 0.1) is 18.8 Å². The molecule has 0 amide bonds. The van der Waals surface area contributed by atoms with Gasteiger partial charge in [0.1, 0.15) is 0 Å². The predicted octanol–water partition coefficient (Wildman–Crippen LogP) is 2.49. The zero-order valence-electron chi connectivity index (χ0n) is 12.5. The van der Waals surface area contributed by atoms with Crippen molar-refractivity contribution in [3.8, 4) is 11.8 Å². The molecule has 0 atom stereocenters. The fraction of sp³-hybridized carbons (Fsp3) is 0.0556. The SMILES string of the molecule is Cc1cc(C(=O)O)ccc1C#Cc1cc(C(=O)O)cc(C(=O)O)c1. The van der Waals surface area contributed by atoms with Crippen LogP contribution >= 0.6 is 0 Å². The lowest BCUT2D eigenvalue weighted by Crippen LogP contribution is -2.03. The van der Waals surface area contributed by atoms with Gasteiger partial charge in [0.25, 0.3) is 0 Å². The summed E-state index contributed by atoms with van der Waals surface area (Å²) in [5.74, 6) is 1.98. The molecule has 2 aromatic carbocycles. The van der Waals surface area contributed by atoms with Gasteiger partial charge in [0, 0.05) is 11.1 Å². The van der Waals surface area contributed by atoms with E-state index < -0.39 is 17.9 Å². The third-order valence-electron chi connectivity index (χ3n) is 3.24.